The zero-order chi connectivity index (χ0) is 55.6. The van der Waals surface area contributed by atoms with Crippen LogP contribution in [0.3, 0.4) is 0 Å². The molecule has 0 rings (SSSR count). The number of unbranched alkanes of at least 4 members (excludes halogenated alkanes) is 50. The van der Waals surface area contributed by atoms with E-state index in [-0.39, 0.29) is 32.0 Å². The SMILES string of the molecule is CCCCCCCCCCCCCCCCCCCCCCCCCCCCCCC(=O)OC(COC(=O)CCCCCCCCCCCCCCCCCCCCCCCCCC)COP(=O)([O-])OCC[N+](C)(C)C. The van der Waals surface area contributed by atoms with Gasteiger partial charge in [0.1, 0.15) is 19.8 Å². The molecule has 0 aromatic heterocycles. The lowest BCUT2D eigenvalue weighted by molar-refractivity contribution is -0.870. The number of esters is 2. The maximum atomic E-state index is 12.8. The molecule has 0 spiro atoms. The van der Waals surface area contributed by atoms with Crippen molar-refractivity contribution in [2.75, 3.05) is 47.5 Å². The Bertz CT molecular complexity index is 1240. The highest BCUT2D eigenvalue weighted by molar-refractivity contribution is 7.45. The Hall–Kier alpha value is -0.990. The minimum atomic E-state index is -4.63. The number of hydrogen-bond acceptors (Lipinski definition) is 8. The summed E-state index contributed by atoms with van der Waals surface area (Å²) in [6.07, 6.45) is 68.9. The summed E-state index contributed by atoms with van der Waals surface area (Å²) in [5.74, 6) is -0.804. The van der Waals surface area contributed by atoms with Crippen molar-refractivity contribution in [2.45, 2.75) is 367 Å². The predicted molar refractivity (Wildman–Crippen MR) is 324 cm³/mol. The highest BCUT2D eigenvalue weighted by Gasteiger charge is 2.22. The van der Waals surface area contributed by atoms with Gasteiger partial charge in [-0.3, -0.25) is 14.2 Å². The van der Waals surface area contributed by atoms with Crippen molar-refractivity contribution in [2.24, 2.45) is 0 Å². The first-order chi connectivity index (χ1) is 37.0. The van der Waals surface area contributed by atoms with Crippen molar-refractivity contribution >= 4 is 19.8 Å². The summed E-state index contributed by atoms with van der Waals surface area (Å²) >= 11 is 0. The number of hydrogen-bond donors (Lipinski definition) is 0. The molecule has 0 bridgehead atoms. The maximum absolute atomic E-state index is 12.8. The summed E-state index contributed by atoms with van der Waals surface area (Å²) in [7, 11) is 1.20. The van der Waals surface area contributed by atoms with Gasteiger partial charge >= 0.3 is 11.9 Å². The van der Waals surface area contributed by atoms with Crippen molar-refractivity contribution in [1.82, 2.24) is 0 Å². The van der Waals surface area contributed by atoms with Crippen molar-refractivity contribution < 1.29 is 42.1 Å². The van der Waals surface area contributed by atoms with Crippen LogP contribution in [0.2, 0.25) is 0 Å². The Kier molecular flexibility index (Phi) is 57.9. The molecule has 0 radical (unpaired) electrons. The summed E-state index contributed by atoms with van der Waals surface area (Å²) < 4.78 is 34.3. The van der Waals surface area contributed by atoms with Gasteiger partial charge in [0, 0.05) is 12.8 Å². The second-order valence-electron chi connectivity index (χ2n) is 24.6. The first-order valence-electron chi connectivity index (χ1n) is 33.7. The molecule has 0 aromatic rings. The highest BCUT2D eigenvalue weighted by Crippen LogP contribution is 2.38. The van der Waals surface area contributed by atoms with Gasteiger partial charge < -0.3 is 27.9 Å². The number of phosphoric ester groups is 1. The molecule has 0 aliphatic rings. The van der Waals surface area contributed by atoms with E-state index in [2.05, 4.69) is 13.8 Å². The van der Waals surface area contributed by atoms with Crippen LogP contribution >= 0.6 is 7.82 Å². The van der Waals surface area contributed by atoms with Crippen LogP contribution in [-0.2, 0) is 32.7 Å². The van der Waals surface area contributed by atoms with Crippen molar-refractivity contribution in [3.63, 3.8) is 0 Å². The quantitative estimate of drug-likeness (QED) is 0.0256. The molecule has 0 amide bonds. The largest absolute Gasteiger partial charge is 0.756 e. The fraction of sp³-hybridized carbons (Fsp3) is 0.970. The third-order valence-electron chi connectivity index (χ3n) is 15.6. The number of ether oxygens (including phenoxy) is 2. The van der Waals surface area contributed by atoms with Crippen LogP contribution in [0, 0.1) is 0 Å². The minimum absolute atomic E-state index is 0.0248. The van der Waals surface area contributed by atoms with Gasteiger partial charge in [0.05, 0.1) is 27.7 Å². The lowest BCUT2D eigenvalue weighted by Crippen LogP contribution is -2.37. The summed E-state index contributed by atoms with van der Waals surface area (Å²) in [6.45, 7) is 4.33. The lowest BCUT2D eigenvalue weighted by atomic mass is 10.0. The molecule has 76 heavy (non-hydrogen) atoms. The number of quaternary nitrogens is 1. The number of phosphoric acid groups is 1. The smallest absolute Gasteiger partial charge is 0.306 e. The minimum Gasteiger partial charge on any atom is -0.756 e. The second kappa shape index (κ2) is 58.7. The first-order valence-corrected chi connectivity index (χ1v) is 35.2. The summed E-state index contributed by atoms with van der Waals surface area (Å²) in [6, 6.07) is 0. The van der Waals surface area contributed by atoms with Crippen molar-refractivity contribution in [3.05, 3.63) is 0 Å². The van der Waals surface area contributed by atoms with E-state index in [0.717, 1.165) is 32.1 Å². The Morgan fingerprint density at radius 1 is 0.355 bits per heavy atom. The molecule has 2 atom stereocenters. The van der Waals surface area contributed by atoms with Gasteiger partial charge in [0.15, 0.2) is 6.10 Å². The molecule has 0 heterocycles. The fourth-order valence-corrected chi connectivity index (χ4v) is 11.2. The molecule has 10 heteroatoms. The molecule has 0 aliphatic heterocycles. The molecule has 0 fully saturated rings. The summed E-state index contributed by atoms with van der Waals surface area (Å²) in [5, 5.41) is 0. The molecule has 0 saturated heterocycles. The van der Waals surface area contributed by atoms with E-state index < -0.39 is 26.5 Å². The van der Waals surface area contributed by atoms with Gasteiger partial charge in [-0.15, -0.1) is 0 Å². The van der Waals surface area contributed by atoms with E-state index in [1.807, 2.05) is 21.1 Å². The highest BCUT2D eigenvalue weighted by atomic mass is 31.2. The number of likely N-dealkylation sites (N-methyl/N-ethyl adjacent to an activating group) is 1. The zero-order valence-corrected chi connectivity index (χ0v) is 52.6. The number of nitrogens with zero attached hydrogens (tertiary/aromatic N) is 1. The molecule has 0 aromatic carbocycles. The molecule has 0 saturated carbocycles. The Balaban J connectivity index is 4.00. The van der Waals surface area contributed by atoms with E-state index in [0.29, 0.717) is 17.4 Å². The van der Waals surface area contributed by atoms with Gasteiger partial charge in [0.2, 0.25) is 0 Å². The molecule has 2 unspecified atom stereocenters. The van der Waals surface area contributed by atoms with E-state index in [9.17, 15) is 19.0 Å². The third-order valence-corrected chi connectivity index (χ3v) is 16.6. The van der Waals surface area contributed by atoms with E-state index in [1.165, 1.54) is 295 Å². The number of carbonyl (C=O) groups is 2. The van der Waals surface area contributed by atoms with Crippen molar-refractivity contribution in [3.8, 4) is 0 Å². The standard InChI is InChI=1S/C66H132NO8P/c1-6-8-10-12-14-16-18-20-22-24-26-28-30-32-33-34-35-37-39-41-43-45-47-49-51-53-55-57-59-66(69)75-64(63-74-76(70,71)73-61-60-67(3,4)5)62-72-65(68)58-56-54-52-50-48-46-44-42-40-38-36-31-29-27-25-23-21-19-17-15-13-11-9-7-2/h64H,6-63H2,1-5H3. The number of carbonyl (C=O) groups excluding carboxylic acids is 2. The van der Waals surface area contributed by atoms with Gasteiger partial charge in [0.25, 0.3) is 7.82 Å². The van der Waals surface area contributed by atoms with E-state index in [4.69, 9.17) is 18.5 Å². The molecular formula is C66H132NO8P. The van der Waals surface area contributed by atoms with Crippen molar-refractivity contribution in [1.29, 1.82) is 0 Å². The Labute approximate surface area is 474 Å². The average Bonchev–Trinajstić information content (AvgIpc) is 3.38. The third kappa shape index (κ3) is 62.2. The van der Waals surface area contributed by atoms with Crippen LogP contribution < -0.4 is 4.89 Å². The average molecular weight is 1100 g/mol. The maximum Gasteiger partial charge on any atom is 0.306 e. The van der Waals surface area contributed by atoms with E-state index >= 15 is 0 Å². The normalized spacial score (nSPS) is 13.1. The zero-order valence-electron chi connectivity index (χ0n) is 51.7. The van der Waals surface area contributed by atoms with Crippen LogP contribution in [0.25, 0.3) is 0 Å². The summed E-state index contributed by atoms with van der Waals surface area (Å²) in [4.78, 5) is 38.0. The van der Waals surface area contributed by atoms with Gasteiger partial charge in [-0.25, -0.2) is 0 Å². The van der Waals surface area contributed by atoms with Gasteiger partial charge in [-0.1, -0.05) is 335 Å². The van der Waals surface area contributed by atoms with Crippen LogP contribution in [0.15, 0.2) is 0 Å². The van der Waals surface area contributed by atoms with Crippen LogP contribution in [0.1, 0.15) is 361 Å². The molecule has 9 nitrogen and oxygen atoms in total. The van der Waals surface area contributed by atoms with Crippen LogP contribution in [-0.4, -0.2) is 70.0 Å². The second-order valence-corrected chi connectivity index (χ2v) is 26.0. The predicted octanol–water partition coefficient (Wildman–Crippen LogP) is 20.8. The Morgan fingerprint density at radius 3 is 0.842 bits per heavy atom. The topological polar surface area (TPSA) is 111 Å². The van der Waals surface area contributed by atoms with Gasteiger partial charge in [-0.2, -0.15) is 0 Å². The molecule has 0 N–H and O–H groups in total. The lowest BCUT2D eigenvalue weighted by Gasteiger charge is -2.28. The fourth-order valence-electron chi connectivity index (χ4n) is 10.4. The summed E-state index contributed by atoms with van der Waals surface area (Å²) in [5.41, 5.74) is 0. The molecular weight excluding hydrogens is 966 g/mol. The van der Waals surface area contributed by atoms with E-state index in [1.54, 1.807) is 0 Å². The molecule has 454 valence electrons. The molecule has 0 aliphatic carbocycles. The van der Waals surface area contributed by atoms with Gasteiger partial charge in [-0.05, 0) is 12.8 Å². The van der Waals surface area contributed by atoms with Crippen LogP contribution in [0.5, 0.6) is 0 Å². The monoisotopic (exact) mass is 1100 g/mol. The Morgan fingerprint density at radius 2 is 0.592 bits per heavy atom. The number of rotatable bonds is 64. The first kappa shape index (κ1) is 75.0. The van der Waals surface area contributed by atoms with Crippen LogP contribution in [0.4, 0.5) is 0 Å².